The molecular formula is C22H23N3O2S. The molecule has 2 fully saturated rings. The van der Waals surface area contributed by atoms with Crippen LogP contribution in [0.25, 0.3) is 15.9 Å². The van der Waals surface area contributed by atoms with Gasteiger partial charge in [0.1, 0.15) is 5.00 Å². The van der Waals surface area contributed by atoms with Gasteiger partial charge in [0.05, 0.1) is 10.4 Å². The van der Waals surface area contributed by atoms with Crippen molar-refractivity contribution in [1.82, 2.24) is 14.8 Å². The van der Waals surface area contributed by atoms with Crippen molar-refractivity contribution in [2.24, 2.45) is 5.92 Å². The molecule has 28 heavy (non-hydrogen) atoms. The van der Waals surface area contributed by atoms with Crippen LogP contribution >= 0.6 is 11.3 Å². The molecule has 0 atom stereocenters. The molecule has 0 radical (unpaired) electrons. The SMILES string of the molecule is O=C(NC1CC1)C1CCN(C(=O)c2ccc(-n3ccc4ccccc43)s2)CC1. The predicted octanol–water partition coefficient (Wildman–Crippen LogP) is 3.82. The lowest BCUT2D eigenvalue weighted by Crippen LogP contribution is -2.43. The number of fused-ring (bicyclic) bond motifs is 1. The van der Waals surface area contributed by atoms with E-state index in [1.54, 1.807) is 0 Å². The van der Waals surface area contributed by atoms with Crippen LogP contribution < -0.4 is 5.32 Å². The number of carbonyl (C=O) groups is 2. The van der Waals surface area contributed by atoms with Crippen LogP contribution in [0.15, 0.2) is 48.7 Å². The van der Waals surface area contributed by atoms with Crippen LogP contribution in [0.2, 0.25) is 0 Å². The Hall–Kier alpha value is -2.60. The second kappa shape index (κ2) is 7.09. The Balaban J connectivity index is 1.26. The van der Waals surface area contributed by atoms with Crippen LogP contribution in [0.3, 0.4) is 0 Å². The minimum atomic E-state index is 0.0507. The Morgan fingerprint density at radius 1 is 0.964 bits per heavy atom. The van der Waals surface area contributed by atoms with E-state index < -0.39 is 0 Å². The van der Waals surface area contributed by atoms with Gasteiger partial charge >= 0.3 is 0 Å². The number of piperidine rings is 1. The van der Waals surface area contributed by atoms with Gasteiger partial charge in [0.15, 0.2) is 0 Å². The van der Waals surface area contributed by atoms with E-state index in [4.69, 9.17) is 0 Å². The zero-order valence-electron chi connectivity index (χ0n) is 15.6. The van der Waals surface area contributed by atoms with Crippen molar-refractivity contribution in [3.63, 3.8) is 0 Å². The number of carbonyl (C=O) groups excluding carboxylic acids is 2. The molecule has 1 saturated heterocycles. The maximum Gasteiger partial charge on any atom is 0.263 e. The molecule has 0 spiro atoms. The van der Waals surface area contributed by atoms with Crippen LogP contribution in [0.5, 0.6) is 0 Å². The van der Waals surface area contributed by atoms with Crippen LogP contribution in [0, 0.1) is 5.92 Å². The van der Waals surface area contributed by atoms with E-state index in [1.807, 2.05) is 29.2 Å². The first-order valence-corrected chi connectivity index (χ1v) is 10.8. The molecule has 3 heterocycles. The summed E-state index contributed by atoms with van der Waals surface area (Å²) in [6.45, 7) is 1.31. The van der Waals surface area contributed by atoms with Crippen molar-refractivity contribution < 1.29 is 9.59 Å². The molecule has 2 aliphatic rings. The number of hydrogen-bond acceptors (Lipinski definition) is 3. The minimum Gasteiger partial charge on any atom is -0.353 e. The molecule has 1 aliphatic carbocycles. The van der Waals surface area contributed by atoms with Gasteiger partial charge in [-0.05, 0) is 55.3 Å². The van der Waals surface area contributed by atoms with E-state index in [1.165, 1.54) is 16.7 Å². The summed E-state index contributed by atoms with van der Waals surface area (Å²) in [5.74, 6) is 0.302. The molecule has 3 aromatic rings. The normalized spacial score (nSPS) is 17.8. The summed E-state index contributed by atoms with van der Waals surface area (Å²) >= 11 is 1.52. The van der Waals surface area contributed by atoms with Crippen molar-refractivity contribution in [1.29, 1.82) is 0 Å². The van der Waals surface area contributed by atoms with Crippen molar-refractivity contribution in [3.05, 3.63) is 53.5 Å². The molecule has 144 valence electrons. The fourth-order valence-corrected chi connectivity index (χ4v) is 4.87. The van der Waals surface area contributed by atoms with Crippen molar-refractivity contribution in [3.8, 4) is 5.00 Å². The van der Waals surface area contributed by atoms with Crippen LogP contribution in [0.1, 0.15) is 35.4 Å². The lowest BCUT2D eigenvalue weighted by molar-refractivity contribution is -0.126. The third kappa shape index (κ3) is 3.33. The highest BCUT2D eigenvalue weighted by atomic mass is 32.1. The van der Waals surface area contributed by atoms with E-state index in [0.717, 1.165) is 41.1 Å². The number of benzene rings is 1. The molecule has 1 N–H and O–H groups in total. The summed E-state index contributed by atoms with van der Waals surface area (Å²) in [6, 6.07) is 14.7. The first-order valence-electron chi connectivity index (χ1n) is 9.95. The number of likely N-dealkylation sites (tertiary alicyclic amines) is 1. The summed E-state index contributed by atoms with van der Waals surface area (Å²) in [5.41, 5.74) is 1.14. The first-order chi connectivity index (χ1) is 13.7. The molecule has 5 rings (SSSR count). The zero-order valence-corrected chi connectivity index (χ0v) is 16.5. The summed E-state index contributed by atoms with van der Waals surface area (Å²) in [6.07, 6.45) is 5.78. The van der Waals surface area contributed by atoms with Gasteiger partial charge in [-0.25, -0.2) is 0 Å². The summed E-state index contributed by atoms with van der Waals surface area (Å²) in [7, 11) is 0. The van der Waals surface area contributed by atoms with Gasteiger partial charge in [-0.1, -0.05) is 18.2 Å². The Kier molecular flexibility index (Phi) is 4.43. The highest BCUT2D eigenvalue weighted by molar-refractivity contribution is 7.16. The smallest absolute Gasteiger partial charge is 0.263 e. The highest BCUT2D eigenvalue weighted by Gasteiger charge is 2.31. The molecule has 1 saturated carbocycles. The van der Waals surface area contributed by atoms with E-state index in [0.29, 0.717) is 19.1 Å². The largest absolute Gasteiger partial charge is 0.353 e. The van der Waals surface area contributed by atoms with Gasteiger partial charge in [-0.3, -0.25) is 9.59 Å². The van der Waals surface area contributed by atoms with E-state index in [9.17, 15) is 9.59 Å². The molecule has 1 aromatic carbocycles. The molecular weight excluding hydrogens is 370 g/mol. The monoisotopic (exact) mass is 393 g/mol. The van der Waals surface area contributed by atoms with Gasteiger partial charge < -0.3 is 14.8 Å². The van der Waals surface area contributed by atoms with Crippen molar-refractivity contribution in [2.75, 3.05) is 13.1 Å². The summed E-state index contributed by atoms with van der Waals surface area (Å²) in [5, 5.41) is 5.32. The quantitative estimate of drug-likeness (QED) is 0.733. The van der Waals surface area contributed by atoms with Crippen LogP contribution in [-0.4, -0.2) is 40.4 Å². The standard InChI is InChI=1S/C22H23N3O2S/c26-21(23-17-5-6-17)16-9-12-24(13-10-16)22(27)19-7-8-20(28-19)25-14-11-15-3-1-2-4-18(15)25/h1-4,7-8,11,14,16-17H,5-6,9-10,12-13H2,(H,23,26). The van der Waals surface area contributed by atoms with Gasteiger partial charge in [0.2, 0.25) is 5.91 Å². The molecule has 0 unspecified atom stereocenters. The van der Waals surface area contributed by atoms with E-state index in [2.05, 4.69) is 34.3 Å². The van der Waals surface area contributed by atoms with E-state index >= 15 is 0 Å². The van der Waals surface area contributed by atoms with Crippen LogP contribution in [0.4, 0.5) is 0 Å². The van der Waals surface area contributed by atoms with Gasteiger partial charge in [-0.2, -0.15) is 0 Å². The average Bonchev–Trinajstić information content (AvgIpc) is 3.24. The molecule has 5 nitrogen and oxygen atoms in total. The topological polar surface area (TPSA) is 54.3 Å². The number of rotatable bonds is 4. The minimum absolute atomic E-state index is 0.0507. The number of nitrogens with one attached hydrogen (secondary N) is 1. The number of thiophene rings is 1. The van der Waals surface area contributed by atoms with Gasteiger partial charge in [0, 0.05) is 31.2 Å². The lowest BCUT2D eigenvalue weighted by Gasteiger charge is -2.31. The van der Waals surface area contributed by atoms with Crippen molar-refractivity contribution >= 4 is 34.1 Å². The average molecular weight is 394 g/mol. The number of nitrogens with zero attached hydrogens (tertiary/aromatic N) is 2. The maximum atomic E-state index is 12.9. The lowest BCUT2D eigenvalue weighted by atomic mass is 9.95. The number of amides is 2. The molecule has 1 aliphatic heterocycles. The predicted molar refractivity (Wildman–Crippen MR) is 111 cm³/mol. The fourth-order valence-electron chi connectivity index (χ4n) is 3.89. The number of hydrogen-bond donors (Lipinski definition) is 1. The maximum absolute atomic E-state index is 12.9. The second-order valence-corrected chi connectivity index (χ2v) is 8.79. The highest BCUT2D eigenvalue weighted by Crippen LogP contribution is 2.28. The van der Waals surface area contributed by atoms with Crippen molar-refractivity contribution in [2.45, 2.75) is 31.7 Å². The van der Waals surface area contributed by atoms with E-state index in [-0.39, 0.29) is 17.7 Å². The summed E-state index contributed by atoms with van der Waals surface area (Å²) in [4.78, 5) is 27.8. The fraction of sp³-hybridized carbons (Fsp3) is 0.364. The Bertz CT molecular complexity index is 1030. The molecule has 2 aromatic heterocycles. The number of para-hydroxylation sites is 1. The third-order valence-corrected chi connectivity index (χ3v) is 6.79. The number of aromatic nitrogens is 1. The summed E-state index contributed by atoms with van der Waals surface area (Å²) < 4.78 is 2.13. The zero-order chi connectivity index (χ0) is 19.1. The van der Waals surface area contributed by atoms with Gasteiger partial charge in [0.25, 0.3) is 5.91 Å². The third-order valence-electron chi connectivity index (χ3n) is 5.72. The Labute approximate surface area is 168 Å². The Morgan fingerprint density at radius 2 is 1.75 bits per heavy atom. The van der Waals surface area contributed by atoms with Gasteiger partial charge in [-0.15, -0.1) is 11.3 Å². The Morgan fingerprint density at radius 3 is 2.54 bits per heavy atom. The second-order valence-electron chi connectivity index (χ2n) is 7.73. The molecule has 2 amide bonds. The molecule has 0 bridgehead atoms. The van der Waals surface area contributed by atoms with Crippen LogP contribution in [-0.2, 0) is 4.79 Å². The molecule has 6 heteroatoms. The first kappa shape index (κ1) is 17.5.